The summed E-state index contributed by atoms with van der Waals surface area (Å²) in [5, 5.41) is 3.66. The van der Waals surface area contributed by atoms with Gasteiger partial charge in [0.15, 0.2) is 0 Å². The zero-order chi connectivity index (χ0) is 14.3. The van der Waals surface area contributed by atoms with Crippen molar-refractivity contribution in [2.45, 2.75) is 65.6 Å². The number of nitrogens with one attached hydrogen (secondary N) is 1. The third kappa shape index (κ3) is 7.01. The van der Waals surface area contributed by atoms with Crippen LogP contribution >= 0.6 is 11.8 Å². The summed E-state index contributed by atoms with van der Waals surface area (Å²) in [6, 6.07) is 1.30. The molecule has 0 saturated heterocycles. The Balaban J connectivity index is 4.56. The Morgan fingerprint density at radius 1 is 1.22 bits per heavy atom. The first-order chi connectivity index (χ1) is 8.22. The van der Waals surface area contributed by atoms with Crippen LogP contribution in [0, 0.1) is 5.92 Å². The van der Waals surface area contributed by atoms with Gasteiger partial charge in [0.1, 0.15) is 0 Å². The Kier molecular flexibility index (Phi) is 8.57. The fraction of sp³-hybridized carbons (Fsp3) is 1.00. The Labute approximate surface area is 119 Å². The van der Waals surface area contributed by atoms with Crippen LogP contribution in [0.15, 0.2) is 0 Å². The summed E-state index contributed by atoms with van der Waals surface area (Å²) in [6.07, 6.45) is 3.43. The predicted molar refractivity (Wildman–Crippen MR) is 86.6 cm³/mol. The van der Waals surface area contributed by atoms with E-state index in [0.717, 1.165) is 6.54 Å². The molecule has 0 aliphatic heterocycles. The highest BCUT2D eigenvalue weighted by atomic mass is 32.2. The molecule has 2 unspecified atom stereocenters. The van der Waals surface area contributed by atoms with Crippen LogP contribution < -0.4 is 5.32 Å². The second kappa shape index (κ2) is 8.44. The van der Waals surface area contributed by atoms with Crippen LogP contribution in [0.2, 0.25) is 0 Å². The van der Waals surface area contributed by atoms with Crippen molar-refractivity contribution in [1.29, 1.82) is 0 Å². The van der Waals surface area contributed by atoms with E-state index in [-0.39, 0.29) is 5.54 Å². The van der Waals surface area contributed by atoms with Gasteiger partial charge in [-0.1, -0.05) is 20.8 Å². The van der Waals surface area contributed by atoms with Gasteiger partial charge in [-0.2, -0.15) is 11.8 Å². The standard InChI is InChI=1S/C15H34N2S/c1-9-13(11-18-8)17(7)14(12(2)3)10-16-15(4,5)6/h12-14,16H,9-11H2,1-8H3. The lowest BCUT2D eigenvalue weighted by Gasteiger charge is -2.38. The number of thioether (sulfide) groups is 1. The molecule has 18 heavy (non-hydrogen) atoms. The Morgan fingerprint density at radius 2 is 1.78 bits per heavy atom. The van der Waals surface area contributed by atoms with Crippen molar-refractivity contribution in [3.63, 3.8) is 0 Å². The third-order valence-corrected chi connectivity index (χ3v) is 4.26. The minimum atomic E-state index is 0.204. The van der Waals surface area contributed by atoms with E-state index in [1.165, 1.54) is 12.2 Å². The Hall–Kier alpha value is 0.270. The van der Waals surface area contributed by atoms with Crippen LogP contribution in [-0.2, 0) is 0 Å². The maximum absolute atomic E-state index is 3.66. The normalized spacial score (nSPS) is 16.3. The molecule has 0 saturated carbocycles. The van der Waals surface area contributed by atoms with Crippen molar-refractivity contribution in [2.75, 3.05) is 25.6 Å². The Morgan fingerprint density at radius 3 is 2.11 bits per heavy atom. The summed E-state index contributed by atoms with van der Waals surface area (Å²) in [7, 11) is 2.29. The van der Waals surface area contributed by atoms with Crippen LogP contribution in [0.5, 0.6) is 0 Å². The van der Waals surface area contributed by atoms with Gasteiger partial charge in [-0.25, -0.2) is 0 Å². The van der Waals surface area contributed by atoms with Crippen molar-refractivity contribution in [1.82, 2.24) is 10.2 Å². The molecule has 2 atom stereocenters. The molecule has 0 bridgehead atoms. The van der Waals surface area contributed by atoms with E-state index in [9.17, 15) is 0 Å². The van der Waals surface area contributed by atoms with E-state index in [4.69, 9.17) is 0 Å². The van der Waals surface area contributed by atoms with E-state index >= 15 is 0 Å². The fourth-order valence-corrected chi connectivity index (χ4v) is 3.10. The summed E-state index contributed by atoms with van der Waals surface area (Å²) in [4.78, 5) is 2.58. The largest absolute Gasteiger partial charge is 0.311 e. The van der Waals surface area contributed by atoms with Crippen LogP contribution in [0.3, 0.4) is 0 Å². The maximum Gasteiger partial charge on any atom is 0.0244 e. The first-order valence-corrected chi connectivity index (χ1v) is 8.58. The van der Waals surface area contributed by atoms with E-state index in [1.807, 2.05) is 11.8 Å². The van der Waals surface area contributed by atoms with Gasteiger partial charge in [-0.3, -0.25) is 4.90 Å². The minimum Gasteiger partial charge on any atom is -0.311 e. The van der Waals surface area contributed by atoms with Crippen molar-refractivity contribution in [3.05, 3.63) is 0 Å². The predicted octanol–water partition coefficient (Wildman–Crippen LogP) is 3.47. The molecule has 0 aliphatic carbocycles. The fourth-order valence-electron chi connectivity index (χ4n) is 2.25. The van der Waals surface area contributed by atoms with Gasteiger partial charge < -0.3 is 5.32 Å². The van der Waals surface area contributed by atoms with E-state index < -0.39 is 0 Å². The van der Waals surface area contributed by atoms with Crippen molar-refractivity contribution in [2.24, 2.45) is 5.92 Å². The van der Waals surface area contributed by atoms with Gasteiger partial charge in [0.2, 0.25) is 0 Å². The van der Waals surface area contributed by atoms with Gasteiger partial charge in [0.25, 0.3) is 0 Å². The van der Waals surface area contributed by atoms with Gasteiger partial charge in [-0.05, 0) is 46.4 Å². The van der Waals surface area contributed by atoms with Gasteiger partial charge >= 0.3 is 0 Å². The molecule has 110 valence electrons. The van der Waals surface area contributed by atoms with Crippen LogP contribution in [0.25, 0.3) is 0 Å². The van der Waals surface area contributed by atoms with Gasteiger partial charge in [0, 0.05) is 29.9 Å². The molecule has 2 nitrogen and oxygen atoms in total. The van der Waals surface area contributed by atoms with Gasteiger partial charge in [0.05, 0.1) is 0 Å². The lowest BCUT2D eigenvalue weighted by Crippen LogP contribution is -2.52. The van der Waals surface area contributed by atoms with E-state index in [1.54, 1.807) is 0 Å². The molecular weight excluding hydrogens is 240 g/mol. The summed E-state index contributed by atoms with van der Waals surface area (Å²) in [6.45, 7) is 14.7. The summed E-state index contributed by atoms with van der Waals surface area (Å²) in [5.41, 5.74) is 0.204. The van der Waals surface area contributed by atoms with E-state index in [2.05, 4.69) is 65.1 Å². The number of hydrogen-bond donors (Lipinski definition) is 1. The SMILES string of the molecule is CCC(CSC)N(C)C(CNC(C)(C)C)C(C)C. The molecule has 0 aliphatic rings. The molecule has 0 aromatic rings. The number of likely N-dealkylation sites (N-methyl/N-ethyl adjacent to an activating group) is 1. The smallest absolute Gasteiger partial charge is 0.0244 e. The van der Waals surface area contributed by atoms with Crippen LogP contribution in [-0.4, -0.2) is 48.1 Å². The molecule has 0 heterocycles. The molecule has 3 heteroatoms. The second-order valence-electron chi connectivity index (χ2n) is 6.63. The Bertz CT molecular complexity index is 211. The van der Waals surface area contributed by atoms with Gasteiger partial charge in [-0.15, -0.1) is 0 Å². The zero-order valence-electron chi connectivity index (χ0n) is 13.7. The zero-order valence-corrected chi connectivity index (χ0v) is 14.5. The molecule has 0 fully saturated rings. The molecule has 0 spiro atoms. The molecule has 0 aromatic heterocycles. The highest BCUT2D eigenvalue weighted by Gasteiger charge is 2.25. The maximum atomic E-state index is 3.66. The minimum absolute atomic E-state index is 0.204. The molecule has 0 rings (SSSR count). The van der Waals surface area contributed by atoms with Crippen LogP contribution in [0.4, 0.5) is 0 Å². The van der Waals surface area contributed by atoms with E-state index in [0.29, 0.717) is 18.0 Å². The molecule has 0 aromatic carbocycles. The first kappa shape index (κ1) is 18.3. The van der Waals surface area contributed by atoms with Crippen molar-refractivity contribution in [3.8, 4) is 0 Å². The quantitative estimate of drug-likeness (QED) is 0.729. The topological polar surface area (TPSA) is 15.3 Å². The summed E-state index contributed by atoms with van der Waals surface area (Å²) < 4.78 is 0. The molecule has 0 radical (unpaired) electrons. The average Bonchev–Trinajstić information content (AvgIpc) is 2.23. The molecule has 1 N–H and O–H groups in total. The number of nitrogens with zero attached hydrogens (tertiary/aromatic N) is 1. The number of hydrogen-bond acceptors (Lipinski definition) is 3. The second-order valence-corrected chi connectivity index (χ2v) is 7.54. The summed E-state index contributed by atoms with van der Waals surface area (Å²) >= 11 is 1.95. The lowest BCUT2D eigenvalue weighted by molar-refractivity contribution is 0.134. The summed E-state index contributed by atoms with van der Waals surface area (Å²) in [5.74, 6) is 1.91. The first-order valence-electron chi connectivity index (χ1n) is 7.18. The average molecular weight is 275 g/mol. The highest BCUT2D eigenvalue weighted by molar-refractivity contribution is 7.98. The van der Waals surface area contributed by atoms with Crippen LogP contribution in [0.1, 0.15) is 48.0 Å². The lowest BCUT2D eigenvalue weighted by atomic mass is 9.99. The molecule has 0 amide bonds. The third-order valence-electron chi connectivity index (χ3n) is 3.54. The monoisotopic (exact) mass is 274 g/mol. The van der Waals surface area contributed by atoms with Crippen molar-refractivity contribution >= 4 is 11.8 Å². The van der Waals surface area contributed by atoms with Crippen molar-refractivity contribution < 1.29 is 0 Å². The number of rotatable bonds is 8. The molecular formula is C15H34N2S. The highest BCUT2D eigenvalue weighted by Crippen LogP contribution is 2.17.